The van der Waals surface area contributed by atoms with E-state index >= 15 is 0 Å². The zero-order valence-corrected chi connectivity index (χ0v) is 17.9. The normalized spacial score (nSPS) is 18.1. The van der Waals surface area contributed by atoms with E-state index < -0.39 is 11.4 Å². The summed E-state index contributed by atoms with van der Waals surface area (Å²) in [6, 6.07) is 11.2. The Balaban J connectivity index is 1.67. The third-order valence-corrected chi connectivity index (χ3v) is 6.42. The Labute approximate surface area is 189 Å². The minimum atomic E-state index is -1.11. The second kappa shape index (κ2) is 8.61. The number of aromatic nitrogens is 1. The number of hydrogen-bond donors (Lipinski definition) is 2. The smallest absolute Gasteiger partial charge is 0.317 e. The molecule has 0 atom stereocenters. The Bertz CT molecular complexity index is 1190. The van der Waals surface area contributed by atoms with E-state index in [1.165, 1.54) is 12.1 Å². The van der Waals surface area contributed by atoms with Crippen molar-refractivity contribution >= 4 is 16.7 Å². The summed E-state index contributed by atoms with van der Waals surface area (Å²) in [5.41, 5.74) is 1.35. The molecule has 2 aliphatic heterocycles. The molecule has 0 bridgehead atoms. The summed E-state index contributed by atoms with van der Waals surface area (Å²) >= 11 is 0. The second-order valence-electron chi connectivity index (χ2n) is 8.67. The molecule has 0 spiro atoms. The molecule has 172 valence electrons. The number of halogens is 1. The number of ether oxygens (including phenoxy) is 3. The highest BCUT2D eigenvalue weighted by Gasteiger charge is 2.47. The summed E-state index contributed by atoms with van der Waals surface area (Å²) in [5.74, 6) is -0.907. The summed E-state index contributed by atoms with van der Waals surface area (Å²) in [5, 5.41) is 21.2. The third kappa shape index (κ3) is 4.00. The van der Waals surface area contributed by atoms with Gasteiger partial charge < -0.3 is 24.4 Å². The molecule has 33 heavy (non-hydrogen) atoms. The molecular weight excluding hydrogens is 429 g/mol. The molecule has 3 aromatic rings. The van der Waals surface area contributed by atoms with Gasteiger partial charge in [0.05, 0.1) is 18.9 Å². The number of fused-ring (bicyclic) bond motifs is 1. The molecule has 2 fully saturated rings. The van der Waals surface area contributed by atoms with E-state index in [0.717, 1.165) is 35.0 Å². The Hall–Kier alpha value is -3.23. The quantitative estimate of drug-likeness (QED) is 0.579. The van der Waals surface area contributed by atoms with Gasteiger partial charge in [-0.15, -0.1) is 0 Å². The largest absolute Gasteiger partial charge is 0.508 e. The zero-order valence-electron chi connectivity index (χ0n) is 17.9. The van der Waals surface area contributed by atoms with Crippen LogP contribution in [-0.2, 0) is 14.3 Å². The van der Waals surface area contributed by atoms with E-state index in [1.54, 1.807) is 30.3 Å². The maximum absolute atomic E-state index is 13.7. The predicted octanol–water partition coefficient (Wildman–Crippen LogP) is 4.12. The van der Waals surface area contributed by atoms with Gasteiger partial charge in [0, 0.05) is 30.1 Å². The van der Waals surface area contributed by atoms with Gasteiger partial charge in [-0.1, -0.05) is 12.1 Å². The first kappa shape index (κ1) is 21.6. The lowest BCUT2D eigenvalue weighted by Gasteiger charge is -2.36. The van der Waals surface area contributed by atoms with Gasteiger partial charge in [0.25, 0.3) is 0 Å². The molecule has 0 aliphatic carbocycles. The summed E-state index contributed by atoms with van der Waals surface area (Å²) in [4.78, 5) is 16.6. The van der Waals surface area contributed by atoms with Crippen molar-refractivity contribution in [2.75, 3.05) is 33.0 Å². The molecule has 2 aliphatic rings. The van der Waals surface area contributed by atoms with Gasteiger partial charge in [-0.3, -0.25) is 4.79 Å². The highest BCUT2D eigenvalue weighted by Crippen LogP contribution is 2.43. The monoisotopic (exact) mass is 453 g/mol. The number of nitrogens with zero attached hydrogens (tertiary/aromatic N) is 1. The van der Waals surface area contributed by atoms with Crippen molar-refractivity contribution in [3.8, 4) is 22.8 Å². The molecule has 1 aromatic heterocycles. The molecule has 0 amide bonds. The summed E-state index contributed by atoms with van der Waals surface area (Å²) in [6.45, 7) is 1.28. The fourth-order valence-electron chi connectivity index (χ4n) is 4.41. The van der Waals surface area contributed by atoms with Crippen LogP contribution in [0.3, 0.4) is 0 Å². The first-order chi connectivity index (χ1) is 16.0. The average molecular weight is 453 g/mol. The van der Waals surface area contributed by atoms with Crippen LogP contribution < -0.4 is 4.74 Å². The van der Waals surface area contributed by atoms with E-state index in [0.29, 0.717) is 18.6 Å². The maximum atomic E-state index is 13.7. The van der Waals surface area contributed by atoms with Gasteiger partial charge in [0.2, 0.25) is 5.88 Å². The number of rotatable bonds is 6. The number of phenols is 1. The Kier molecular flexibility index (Phi) is 5.64. The molecule has 5 rings (SSSR count). The number of benzene rings is 2. The standard InChI is InChI=1S/C25H24FNO6/c26-17-3-1-15(2-4-17)21-19-6-5-18(28)11-20(19)23(27-22(21)16-7-9-31-10-8-16)33-14-25(24(29)30)12-32-13-25/h1-6,11,16,28H,7-10,12-14H2,(H,29,30). The van der Waals surface area contributed by atoms with Crippen LogP contribution in [0.15, 0.2) is 42.5 Å². The number of carboxylic acids is 1. The van der Waals surface area contributed by atoms with Gasteiger partial charge >= 0.3 is 5.97 Å². The number of phenolic OH excluding ortho intramolecular Hbond substituents is 1. The van der Waals surface area contributed by atoms with Crippen molar-refractivity contribution in [3.63, 3.8) is 0 Å². The lowest BCUT2D eigenvalue weighted by molar-refractivity contribution is -0.185. The maximum Gasteiger partial charge on any atom is 0.317 e. The number of aliphatic carboxylic acids is 1. The van der Waals surface area contributed by atoms with Crippen molar-refractivity contribution in [1.29, 1.82) is 0 Å². The number of aromatic hydroxyl groups is 1. The van der Waals surface area contributed by atoms with E-state index in [1.807, 2.05) is 0 Å². The van der Waals surface area contributed by atoms with E-state index in [9.17, 15) is 19.4 Å². The minimum Gasteiger partial charge on any atom is -0.508 e. The van der Waals surface area contributed by atoms with Gasteiger partial charge in [0.15, 0.2) is 0 Å². The van der Waals surface area contributed by atoms with Gasteiger partial charge in [-0.25, -0.2) is 9.37 Å². The molecular formula is C25H24FNO6. The van der Waals surface area contributed by atoms with Gasteiger partial charge in [0.1, 0.15) is 23.6 Å². The van der Waals surface area contributed by atoms with Crippen LogP contribution in [0.2, 0.25) is 0 Å². The molecule has 2 saturated heterocycles. The number of hydrogen-bond acceptors (Lipinski definition) is 6. The fourth-order valence-corrected chi connectivity index (χ4v) is 4.41. The fraction of sp³-hybridized carbons (Fsp3) is 0.360. The third-order valence-electron chi connectivity index (χ3n) is 6.42. The molecule has 2 aromatic carbocycles. The average Bonchev–Trinajstić information content (AvgIpc) is 2.79. The molecule has 8 heteroatoms. The predicted molar refractivity (Wildman–Crippen MR) is 118 cm³/mol. The lowest BCUT2D eigenvalue weighted by Crippen LogP contribution is -2.53. The number of carboxylic acid groups (broad SMARTS) is 1. The molecule has 0 saturated carbocycles. The van der Waals surface area contributed by atoms with Crippen LogP contribution in [0, 0.1) is 11.2 Å². The topological polar surface area (TPSA) is 98.1 Å². The van der Waals surface area contributed by atoms with Gasteiger partial charge in [-0.2, -0.15) is 0 Å². The Morgan fingerprint density at radius 3 is 2.45 bits per heavy atom. The first-order valence-corrected chi connectivity index (χ1v) is 10.9. The van der Waals surface area contributed by atoms with Crippen molar-refractivity contribution in [3.05, 3.63) is 54.0 Å². The van der Waals surface area contributed by atoms with Crippen molar-refractivity contribution in [2.45, 2.75) is 18.8 Å². The van der Waals surface area contributed by atoms with Crippen molar-refractivity contribution < 1.29 is 33.6 Å². The number of pyridine rings is 1. The first-order valence-electron chi connectivity index (χ1n) is 10.9. The Morgan fingerprint density at radius 1 is 1.09 bits per heavy atom. The zero-order chi connectivity index (χ0) is 23.0. The Morgan fingerprint density at radius 2 is 1.82 bits per heavy atom. The van der Waals surface area contributed by atoms with Crippen molar-refractivity contribution in [2.24, 2.45) is 5.41 Å². The molecule has 2 N–H and O–H groups in total. The summed E-state index contributed by atoms with van der Waals surface area (Å²) < 4.78 is 30.3. The van der Waals surface area contributed by atoms with Crippen LogP contribution in [0.25, 0.3) is 21.9 Å². The second-order valence-corrected chi connectivity index (χ2v) is 8.67. The van der Waals surface area contributed by atoms with E-state index in [2.05, 4.69) is 0 Å². The van der Waals surface area contributed by atoms with Crippen LogP contribution in [0.4, 0.5) is 4.39 Å². The molecule has 3 heterocycles. The number of carbonyl (C=O) groups is 1. The SMILES string of the molecule is O=C(O)C1(COc2nc(C3CCOCC3)c(-c3ccc(F)cc3)c3ccc(O)cc23)COC1. The van der Waals surface area contributed by atoms with Crippen LogP contribution in [-0.4, -0.2) is 54.2 Å². The van der Waals surface area contributed by atoms with Crippen molar-refractivity contribution in [1.82, 2.24) is 4.98 Å². The van der Waals surface area contributed by atoms with E-state index in [-0.39, 0.29) is 43.2 Å². The van der Waals surface area contributed by atoms with Crippen LogP contribution in [0.5, 0.6) is 11.6 Å². The molecule has 7 nitrogen and oxygen atoms in total. The van der Waals surface area contributed by atoms with E-state index in [4.69, 9.17) is 19.2 Å². The summed E-state index contributed by atoms with van der Waals surface area (Å²) in [6.07, 6.45) is 1.55. The highest BCUT2D eigenvalue weighted by molar-refractivity contribution is 6.01. The molecule has 0 radical (unpaired) electrons. The minimum absolute atomic E-state index is 0.0398. The van der Waals surface area contributed by atoms with Crippen LogP contribution >= 0.6 is 0 Å². The molecule has 0 unspecified atom stereocenters. The van der Waals surface area contributed by atoms with Crippen LogP contribution in [0.1, 0.15) is 24.5 Å². The van der Waals surface area contributed by atoms with Gasteiger partial charge in [-0.05, 0) is 54.1 Å². The highest BCUT2D eigenvalue weighted by atomic mass is 19.1. The lowest BCUT2D eigenvalue weighted by atomic mass is 9.87. The summed E-state index contributed by atoms with van der Waals surface area (Å²) in [7, 11) is 0.